The van der Waals surface area contributed by atoms with Crippen LogP contribution in [0.4, 0.5) is 5.82 Å². The fourth-order valence-electron chi connectivity index (χ4n) is 2.75. The third-order valence-corrected chi connectivity index (χ3v) is 4.08. The molecule has 0 spiro atoms. The number of pyridine rings is 1. The fraction of sp³-hybridized carbons (Fsp3) is 0.438. The Morgan fingerprint density at radius 3 is 2.80 bits per heavy atom. The molecule has 1 aromatic carbocycles. The van der Waals surface area contributed by atoms with E-state index < -0.39 is 0 Å². The van der Waals surface area contributed by atoms with E-state index in [0.717, 1.165) is 50.4 Å². The highest BCUT2D eigenvalue weighted by Gasteiger charge is 2.14. The summed E-state index contributed by atoms with van der Waals surface area (Å²) in [6.45, 7) is 4.12. The van der Waals surface area contributed by atoms with Gasteiger partial charge in [-0.3, -0.25) is 0 Å². The fourth-order valence-corrected chi connectivity index (χ4v) is 2.89. The maximum absolute atomic E-state index is 5.86. The van der Waals surface area contributed by atoms with Gasteiger partial charge in [-0.1, -0.05) is 18.2 Å². The van der Waals surface area contributed by atoms with Crippen LogP contribution in [0.15, 0.2) is 30.3 Å². The number of aromatic nitrogens is 1. The monoisotopic (exact) mass is 289 g/mol. The van der Waals surface area contributed by atoms with Crippen LogP contribution in [0.2, 0.25) is 0 Å². The summed E-state index contributed by atoms with van der Waals surface area (Å²) >= 11 is 5.86. The highest BCUT2D eigenvalue weighted by molar-refractivity contribution is 6.17. The molecule has 1 N–H and O–H groups in total. The van der Waals surface area contributed by atoms with Gasteiger partial charge in [-0.2, -0.15) is 0 Å². The number of aryl methyl sites for hydroxylation is 1. The number of nitrogens with zero attached hydrogens (tertiary/aromatic N) is 2. The first-order valence-electron chi connectivity index (χ1n) is 7.29. The topological polar surface area (TPSA) is 28.2 Å². The number of hydrogen-bond acceptors (Lipinski definition) is 3. The second-order valence-electron chi connectivity index (χ2n) is 5.19. The van der Waals surface area contributed by atoms with Crippen LogP contribution >= 0.6 is 11.6 Å². The van der Waals surface area contributed by atoms with Gasteiger partial charge in [0.15, 0.2) is 0 Å². The molecule has 3 rings (SSSR count). The molecule has 2 heterocycles. The minimum Gasteiger partial charge on any atom is -0.354 e. The molecule has 1 aliphatic rings. The van der Waals surface area contributed by atoms with Gasteiger partial charge in [0.2, 0.25) is 0 Å². The number of rotatable bonds is 4. The zero-order valence-corrected chi connectivity index (χ0v) is 12.4. The Balaban J connectivity index is 1.99. The van der Waals surface area contributed by atoms with E-state index >= 15 is 0 Å². The average Bonchev–Trinajstić information content (AvgIpc) is 2.53. The number of fused-ring (bicyclic) bond motifs is 1. The van der Waals surface area contributed by atoms with Gasteiger partial charge in [-0.05, 0) is 30.5 Å². The Labute approximate surface area is 124 Å². The molecule has 106 valence electrons. The van der Waals surface area contributed by atoms with E-state index in [0.29, 0.717) is 5.88 Å². The quantitative estimate of drug-likeness (QED) is 0.878. The minimum absolute atomic E-state index is 0.708. The van der Waals surface area contributed by atoms with E-state index in [2.05, 4.69) is 40.5 Å². The van der Waals surface area contributed by atoms with Crippen molar-refractivity contribution in [3.05, 3.63) is 35.9 Å². The summed E-state index contributed by atoms with van der Waals surface area (Å²) in [5, 5.41) is 4.64. The molecule has 1 aliphatic heterocycles. The summed E-state index contributed by atoms with van der Waals surface area (Å²) in [6.07, 6.45) is 2.03. The number of hydrogen-bond donors (Lipinski definition) is 1. The molecule has 0 bridgehead atoms. The molecule has 0 saturated carbocycles. The van der Waals surface area contributed by atoms with Gasteiger partial charge in [0.25, 0.3) is 0 Å². The van der Waals surface area contributed by atoms with Crippen molar-refractivity contribution in [1.29, 1.82) is 0 Å². The number of halogens is 1. The number of nitrogens with one attached hydrogen (secondary N) is 1. The van der Waals surface area contributed by atoms with Crippen molar-refractivity contribution in [3.8, 4) is 0 Å². The van der Waals surface area contributed by atoms with E-state index in [9.17, 15) is 0 Å². The van der Waals surface area contributed by atoms with Crippen LogP contribution in [0, 0.1) is 0 Å². The van der Waals surface area contributed by atoms with Crippen LogP contribution in [0.25, 0.3) is 10.9 Å². The van der Waals surface area contributed by atoms with Gasteiger partial charge in [-0.15, -0.1) is 11.6 Å². The van der Waals surface area contributed by atoms with E-state index in [4.69, 9.17) is 16.6 Å². The number of piperazine rings is 1. The smallest absolute Gasteiger partial charge is 0.129 e. The third kappa shape index (κ3) is 2.89. The van der Waals surface area contributed by atoms with Crippen LogP contribution in [0.5, 0.6) is 0 Å². The van der Waals surface area contributed by atoms with Crippen molar-refractivity contribution in [2.75, 3.05) is 37.0 Å². The van der Waals surface area contributed by atoms with Crippen LogP contribution in [-0.4, -0.2) is 37.0 Å². The predicted octanol–water partition coefficient (Wildman–Crippen LogP) is 2.82. The molecule has 0 unspecified atom stereocenters. The lowest BCUT2D eigenvalue weighted by atomic mass is 10.0. The molecule has 2 aromatic rings. The molecule has 4 heteroatoms. The largest absolute Gasteiger partial charge is 0.354 e. The van der Waals surface area contributed by atoms with Crippen LogP contribution in [0.3, 0.4) is 0 Å². The summed E-state index contributed by atoms with van der Waals surface area (Å²) in [5.74, 6) is 1.81. The van der Waals surface area contributed by atoms with Crippen LogP contribution < -0.4 is 10.2 Å². The predicted molar refractivity (Wildman–Crippen MR) is 85.9 cm³/mol. The van der Waals surface area contributed by atoms with Crippen molar-refractivity contribution >= 4 is 28.3 Å². The lowest BCUT2D eigenvalue weighted by Crippen LogP contribution is -2.43. The minimum atomic E-state index is 0.708. The molecule has 20 heavy (non-hydrogen) atoms. The van der Waals surface area contributed by atoms with Crippen molar-refractivity contribution in [2.24, 2.45) is 0 Å². The Morgan fingerprint density at radius 2 is 2.00 bits per heavy atom. The first kappa shape index (κ1) is 13.7. The molecule has 1 saturated heterocycles. The van der Waals surface area contributed by atoms with E-state index in [1.165, 1.54) is 10.9 Å². The molecule has 0 atom stereocenters. The van der Waals surface area contributed by atoms with Crippen LogP contribution in [0.1, 0.15) is 12.0 Å². The first-order valence-corrected chi connectivity index (χ1v) is 7.82. The second-order valence-corrected chi connectivity index (χ2v) is 5.56. The highest BCUT2D eigenvalue weighted by atomic mass is 35.5. The number of anilines is 1. The Morgan fingerprint density at radius 1 is 1.20 bits per heavy atom. The summed E-state index contributed by atoms with van der Waals surface area (Å²) in [7, 11) is 0. The normalized spacial score (nSPS) is 15.8. The Bertz CT molecular complexity index is 579. The standard InChI is InChI=1S/C16H20ClN3/c17-7-3-4-13-12-16(20-10-8-18-9-11-20)19-15-6-2-1-5-14(13)15/h1-2,5-6,12,18H,3-4,7-11H2. The first-order chi connectivity index (χ1) is 9.88. The molecular weight excluding hydrogens is 270 g/mol. The van der Waals surface area contributed by atoms with Gasteiger partial charge in [0.05, 0.1) is 5.52 Å². The molecule has 0 radical (unpaired) electrons. The third-order valence-electron chi connectivity index (χ3n) is 3.81. The maximum Gasteiger partial charge on any atom is 0.129 e. The van der Waals surface area contributed by atoms with Crippen LogP contribution in [-0.2, 0) is 6.42 Å². The maximum atomic E-state index is 5.86. The number of para-hydroxylation sites is 1. The van der Waals surface area contributed by atoms with Crippen molar-refractivity contribution < 1.29 is 0 Å². The van der Waals surface area contributed by atoms with Gasteiger partial charge in [0, 0.05) is 37.4 Å². The summed E-state index contributed by atoms with van der Waals surface area (Å²) in [6, 6.07) is 10.7. The lowest BCUT2D eigenvalue weighted by Gasteiger charge is -2.29. The Kier molecular flexibility index (Phi) is 4.38. The molecular formula is C16H20ClN3. The van der Waals surface area contributed by atoms with E-state index in [1.54, 1.807) is 0 Å². The molecule has 0 amide bonds. The van der Waals surface area contributed by atoms with Gasteiger partial charge in [-0.25, -0.2) is 4.98 Å². The van der Waals surface area contributed by atoms with Gasteiger partial charge < -0.3 is 10.2 Å². The van der Waals surface area contributed by atoms with Crippen molar-refractivity contribution in [3.63, 3.8) is 0 Å². The van der Waals surface area contributed by atoms with Gasteiger partial charge in [0.1, 0.15) is 5.82 Å². The van der Waals surface area contributed by atoms with E-state index in [-0.39, 0.29) is 0 Å². The van der Waals surface area contributed by atoms with Crippen molar-refractivity contribution in [2.45, 2.75) is 12.8 Å². The molecule has 1 aromatic heterocycles. The second kappa shape index (κ2) is 6.42. The summed E-state index contributed by atoms with van der Waals surface area (Å²) in [5.41, 5.74) is 2.46. The van der Waals surface area contributed by atoms with Gasteiger partial charge >= 0.3 is 0 Å². The number of benzene rings is 1. The number of alkyl halides is 1. The zero-order chi connectivity index (χ0) is 13.8. The summed E-state index contributed by atoms with van der Waals surface area (Å²) in [4.78, 5) is 7.20. The lowest BCUT2D eigenvalue weighted by molar-refractivity contribution is 0.585. The van der Waals surface area contributed by atoms with E-state index in [1.807, 2.05) is 0 Å². The SMILES string of the molecule is ClCCCc1cc(N2CCNCC2)nc2ccccc12. The molecule has 1 fully saturated rings. The average molecular weight is 290 g/mol. The highest BCUT2D eigenvalue weighted by Crippen LogP contribution is 2.24. The van der Waals surface area contributed by atoms with Crippen molar-refractivity contribution in [1.82, 2.24) is 10.3 Å². The summed E-state index contributed by atoms with van der Waals surface area (Å²) < 4.78 is 0. The Hall–Kier alpha value is -1.32. The molecule has 3 nitrogen and oxygen atoms in total. The zero-order valence-electron chi connectivity index (χ0n) is 11.6. The molecule has 0 aliphatic carbocycles.